The molecule has 0 spiro atoms. The van der Waals surface area contributed by atoms with Crippen LogP contribution in [-0.2, 0) is 16.0 Å². The summed E-state index contributed by atoms with van der Waals surface area (Å²) in [6.07, 6.45) is 1.85. The van der Waals surface area contributed by atoms with Gasteiger partial charge in [0.25, 0.3) is 5.91 Å². The van der Waals surface area contributed by atoms with Crippen molar-refractivity contribution in [3.63, 3.8) is 0 Å². The van der Waals surface area contributed by atoms with Gasteiger partial charge in [0, 0.05) is 40.4 Å². The van der Waals surface area contributed by atoms with Crippen molar-refractivity contribution >= 4 is 34.1 Å². The number of carbonyl (C=O) groups excluding carboxylic acids is 2. The van der Waals surface area contributed by atoms with E-state index < -0.39 is 6.04 Å². The Bertz CT molecular complexity index is 1420. The zero-order chi connectivity index (χ0) is 25.7. The fourth-order valence-electron chi connectivity index (χ4n) is 4.21. The lowest BCUT2D eigenvalue weighted by atomic mass is 10.0. The predicted octanol–water partition coefficient (Wildman–Crippen LogP) is 6.61. The lowest BCUT2D eigenvalue weighted by Crippen LogP contribution is -2.39. The average molecular weight is 481 g/mol. The molecule has 4 rings (SSSR count). The second kappa shape index (κ2) is 10.8. The van der Waals surface area contributed by atoms with Crippen LogP contribution in [0.25, 0.3) is 21.3 Å². The minimum atomic E-state index is -0.813. The summed E-state index contributed by atoms with van der Waals surface area (Å²) in [7, 11) is 1.64. The van der Waals surface area contributed by atoms with E-state index in [2.05, 4.69) is 34.2 Å². The molecule has 4 aromatic rings. The standard InChI is InChI=1S/C28H28N6O2/c1-18(2)19-9-11-22(12-10-19)31-28(36)27(20-7-5-4-6-8-20)34(3)26(35)15-21-17-30-25-14-13-23(32-33-29)16-24(21)25/h4-14,16-18,27,30H,15H2,1-3H3,(H,31,36)/t27-/m0/s1. The number of likely N-dealkylation sites (N-methyl/N-ethyl adjacent to an activating group) is 1. The summed E-state index contributed by atoms with van der Waals surface area (Å²) in [5.74, 6) is -0.119. The SMILES string of the molecule is CC(C)c1ccc(NC(=O)[C@H](c2ccccc2)N(C)C(=O)Cc2c[nH]c3ccc(N=[N+]=[N-])cc23)cc1. The fourth-order valence-corrected chi connectivity index (χ4v) is 4.21. The van der Waals surface area contributed by atoms with Crippen LogP contribution in [0.4, 0.5) is 11.4 Å². The number of hydrogen-bond acceptors (Lipinski definition) is 3. The van der Waals surface area contributed by atoms with Crippen LogP contribution in [0.2, 0.25) is 0 Å². The normalized spacial score (nSPS) is 11.7. The van der Waals surface area contributed by atoms with Gasteiger partial charge >= 0.3 is 0 Å². The molecule has 0 bridgehead atoms. The number of nitrogens with zero attached hydrogens (tertiary/aromatic N) is 4. The molecule has 0 radical (unpaired) electrons. The second-order valence-corrected chi connectivity index (χ2v) is 8.99. The van der Waals surface area contributed by atoms with Gasteiger partial charge in [-0.2, -0.15) is 0 Å². The molecule has 0 aliphatic rings. The monoisotopic (exact) mass is 480 g/mol. The van der Waals surface area contributed by atoms with Gasteiger partial charge in [-0.1, -0.05) is 67.5 Å². The van der Waals surface area contributed by atoms with Gasteiger partial charge < -0.3 is 15.2 Å². The third-order valence-corrected chi connectivity index (χ3v) is 6.24. The molecule has 0 saturated heterocycles. The molecule has 2 amide bonds. The smallest absolute Gasteiger partial charge is 0.251 e. The first-order chi connectivity index (χ1) is 17.4. The number of rotatable bonds is 8. The minimum Gasteiger partial charge on any atom is -0.361 e. The molecule has 8 heteroatoms. The number of H-pyrrole nitrogens is 1. The number of amides is 2. The number of benzene rings is 3. The summed E-state index contributed by atoms with van der Waals surface area (Å²) in [6, 6.07) is 21.5. The van der Waals surface area contributed by atoms with Gasteiger partial charge in [-0.25, -0.2) is 0 Å². The number of azide groups is 1. The van der Waals surface area contributed by atoms with Crippen LogP contribution in [-0.4, -0.2) is 28.7 Å². The van der Waals surface area contributed by atoms with Crippen LogP contribution in [0.3, 0.4) is 0 Å². The molecule has 0 aliphatic heterocycles. The first-order valence-electron chi connectivity index (χ1n) is 11.7. The Morgan fingerprint density at radius 3 is 2.42 bits per heavy atom. The highest BCUT2D eigenvalue weighted by Gasteiger charge is 2.29. The zero-order valence-corrected chi connectivity index (χ0v) is 20.5. The summed E-state index contributed by atoms with van der Waals surface area (Å²) in [6.45, 7) is 4.23. The van der Waals surface area contributed by atoms with E-state index in [0.717, 1.165) is 16.5 Å². The number of carbonyl (C=O) groups is 2. The molecule has 1 atom stereocenters. The number of nitrogens with one attached hydrogen (secondary N) is 2. The molecule has 3 aromatic carbocycles. The predicted molar refractivity (Wildman–Crippen MR) is 142 cm³/mol. The first kappa shape index (κ1) is 24.6. The molecule has 0 aliphatic carbocycles. The molecule has 2 N–H and O–H groups in total. The average Bonchev–Trinajstić information content (AvgIpc) is 3.27. The van der Waals surface area contributed by atoms with Crippen molar-refractivity contribution in [2.45, 2.75) is 32.2 Å². The number of hydrogen-bond donors (Lipinski definition) is 2. The van der Waals surface area contributed by atoms with E-state index in [0.29, 0.717) is 22.9 Å². The van der Waals surface area contributed by atoms with E-state index in [4.69, 9.17) is 5.53 Å². The van der Waals surface area contributed by atoms with Crippen molar-refractivity contribution in [3.05, 3.63) is 106 Å². The van der Waals surface area contributed by atoms with Gasteiger partial charge in [-0.15, -0.1) is 0 Å². The fraction of sp³-hybridized carbons (Fsp3) is 0.214. The number of aromatic nitrogens is 1. The Kier molecular flexibility index (Phi) is 7.37. The van der Waals surface area contributed by atoms with Crippen molar-refractivity contribution in [2.75, 3.05) is 12.4 Å². The topological polar surface area (TPSA) is 114 Å². The highest BCUT2D eigenvalue weighted by molar-refractivity contribution is 5.98. The number of anilines is 1. The molecule has 0 fully saturated rings. The summed E-state index contributed by atoms with van der Waals surface area (Å²) >= 11 is 0. The molecule has 182 valence electrons. The Balaban J connectivity index is 1.58. The first-order valence-corrected chi connectivity index (χ1v) is 11.7. The van der Waals surface area contributed by atoms with Gasteiger partial charge in [0.05, 0.1) is 6.42 Å². The van der Waals surface area contributed by atoms with E-state index in [1.54, 1.807) is 25.4 Å². The molecule has 0 saturated carbocycles. The van der Waals surface area contributed by atoms with E-state index in [1.807, 2.05) is 60.7 Å². The molecule has 1 heterocycles. The van der Waals surface area contributed by atoms with Gasteiger partial charge in [0.1, 0.15) is 6.04 Å². The van der Waals surface area contributed by atoms with Crippen LogP contribution in [0.1, 0.15) is 42.5 Å². The van der Waals surface area contributed by atoms with Gasteiger partial charge in [-0.05, 0) is 52.4 Å². The van der Waals surface area contributed by atoms with E-state index in [9.17, 15) is 9.59 Å². The van der Waals surface area contributed by atoms with Gasteiger partial charge in [0.2, 0.25) is 5.91 Å². The van der Waals surface area contributed by atoms with E-state index >= 15 is 0 Å². The van der Waals surface area contributed by atoms with Crippen molar-refractivity contribution < 1.29 is 9.59 Å². The van der Waals surface area contributed by atoms with E-state index in [-0.39, 0.29) is 18.2 Å². The largest absolute Gasteiger partial charge is 0.361 e. The van der Waals surface area contributed by atoms with Gasteiger partial charge in [-0.3, -0.25) is 9.59 Å². The summed E-state index contributed by atoms with van der Waals surface area (Å²) in [5, 5.41) is 7.42. The maximum Gasteiger partial charge on any atom is 0.251 e. The number of aromatic amines is 1. The van der Waals surface area contributed by atoms with Crippen molar-refractivity contribution in [1.29, 1.82) is 0 Å². The molecule has 0 unspecified atom stereocenters. The van der Waals surface area contributed by atoms with Crippen molar-refractivity contribution in [2.24, 2.45) is 5.11 Å². The van der Waals surface area contributed by atoms with Crippen LogP contribution < -0.4 is 5.32 Å². The Morgan fingerprint density at radius 2 is 1.75 bits per heavy atom. The minimum absolute atomic E-state index is 0.0793. The van der Waals surface area contributed by atoms with Crippen LogP contribution in [0, 0.1) is 0 Å². The Morgan fingerprint density at radius 1 is 1.03 bits per heavy atom. The lowest BCUT2D eigenvalue weighted by Gasteiger charge is -2.28. The maximum absolute atomic E-state index is 13.5. The summed E-state index contributed by atoms with van der Waals surface area (Å²) in [5.41, 5.74) is 13.4. The summed E-state index contributed by atoms with van der Waals surface area (Å²) in [4.78, 5) is 34.3. The van der Waals surface area contributed by atoms with Crippen LogP contribution in [0.15, 0.2) is 84.1 Å². The second-order valence-electron chi connectivity index (χ2n) is 8.99. The number of fused-ring (bicyclic) bond motifs is 1. The molecule has 1 aromatic heterocycles. The van der Waals surface area contributed by atoms with E-state index in [1.165, 1.54) is 10.5 Å². The highest BCUT2D eigenvalue weighted by Crippen LogP contribution is 2.27. The van der Waals surface area contributed by atoms with Crippen molar-refractivity contribution in [3.8, 4) is 0 Å². The molecular weight excluding hydrogens is 452 g/mol. The molecular formula is C28H28N6O2. The van der Waals surface area contributed by atoms with Gasteiger partial charge in [0.15, 0.2) is 0 Å². The lowest BCUT2D eigenvalue weighted by molar-refractivity contribution is -0.136. The maximum atomic E-state index is 13.5. The highest BCUT2D eigenvalue weighted by atomic mass is 16.2. The quantitative estimate of drug-likeness (QED) is 0.168. The molecule has 8 nitrogen and oxygen atoms in total. The van der Waals surface area contributed by atoms with Crippen LogP contribution >= 0.6 is 0 Å². The van der Waals surface area contributed by atoms with Crippen LogP contribution in [0.5, 0.6) is 0 Å². The summed E-state index contributed by atoms with van der Waals surface area (Å²) < 4.78 is 0. The van der Waals surface area contributed by atoms with Crippen molar-refractivity contribution in [1.82, 2.24) is 9.88 Å². The third kappa shape index (κ3) is 5.40. The Hall–Kier alpha value is -4.55. The Labute approximate surface area is 209 Å². The third-order valence-electron chi connectivity index (χ3n) is 6.24. The zero-order valence-electron chi connectivity index (χ0n) is 20.5. The molecule has 36 heavy (non-hydrogen) atoms.